The van der Waals surface area contributed by atoms with Crippen molar-refractivity contribution in [3.8, 4) is 0 Å². The third kappa shape index (κ3) is 1.84. The van der Waals surface area contributed by atoms with E-state index in [2.05, 4.69) is 52.7 Å². The number of hydrogen-bond acceptors (Lipinski definition) is 0. The second kappa shape index (κ2) is 4.51. The molecule has 0 unspecified atom stereocenters. The van der Waals surface area contributed by atoms with E-state index >= 15 is 0 Å². The molecule has 0 radical (unpaired) electrons. The first-order chi connectivity index (χ1) is 8.02. The Morgan fingerprint density at radius 3 is 2.29 bits per heavy atom. The fraction of sp³-hybridized carbons (Fsp3) is 0.625. The third-order valence-electron chi connectivity index (χ3n) is 4.95. The highest BCUT2D eigenvalue weighted by atomic mass is 14.5. The van der Waals surface area contributed by atoms with E-state index in [1.165, 1.54) is 18.3 Å². The molecule has 92 valence electrons. The molecule has 1 aromatic carbocycles. The molecular weight excluding hydrogens is 203 g/mol. The molecule has 1 aromatic rings. The summed E-state index contributed by atoms with van der Waals surface area (Å²) in [6, 6.07) is 7.18. The lowest BCUT2D eigenvalue weighted by Gasteiger charge is -2.39. The maximum absolute atomic E-state index is 2.49. The van der Waals surface area contributed by atoms with Crippen molar-refractivity contribution < 1.29 is 0 Å². The molecule has 0 atom stereocenters. The van der Waals surface area contributed by atoms with Gasteiger partial charge in [-0.1, -0.05) is 58.2 Å². The molecule has 0 saturated carbocycles. The largest absolute Gasteiger partial charge is 0.154 e. The van der Waals surface area contributed by atoms with Gasteiger partial charge in [0, 0.05) is 5.41 Å². The lowest BCUT2D eigenvalue weighted by molar-refractivity contribution is 0.218. The molecule has 1 aliphatic carbocycles. The monoisotopic (exact) mass is 228 g/mol. The first-order valence-electron chi connectivity index (χ1n) is 7.14. The molecule has 0 amide bonds. The highest BCUT2D eigenvalue weighted by Gasteiger charge is 2.43. The zero-order chi connectivity index (χ0) is 12.6. The van der Waals surface area contributed by atoms with Crippen LogP contribution < -0.4 is 5.46 Å². The fourth-order valence-corrected chi connectivity index (χ4v) is 3.84. The van der Waals surface area contributed by atoms with Gasteiger partial charge in [-0.2, -0.15) is 0 Å². The van der Waals surface area contributed by atoms with Crippen LogP contribution in [0.15, 0.2) is 18.2 Å². The van der Waals surface area contributed by atoms with Crippen LogP contribution in [-0.4, -0.2) is 7.28 Å². The molecule has 0 heterocycles. The molecule has 0 bridgehead atoms. The molecular formula is C16H25B. The van der Waals surface area contributed by atoms with Crippen molar-refractivity contribution in [2.24, 2.45) is 11.8 Å². The summed E-state index contributed by atoms with van der Waals surface area (Å²) >= 11 is 0. The Hall–Kier alpha value is -0.715. The van der Waals surface area contributed by atoms with Crippen LogP contribution in [0.2, 0.25) is 6.82 Å². The van der Waals surface area contributed by atoms with Crippen LogP contribution in [0.4, 0.5) is 0 Å². The van der Waals surface area contributed by atoms with Gasteiger partial charge in [0.2, 0.25) is 0 Å². The molecule has 2 rings (SSSR count). The van der Waals surface area contributed by atoms with Gasteiger partial charge in [-0.3, -0.25) is 0 Å². The van der Waals surface area contributed by atoms with Crippen molar-refractivity contribution >= 4 is 12.7 Å². The van der Waals surface area contributed by atoms with Gasteiger partial charge in [0.05, 0.1) is 0 Å². The molecule has 0 aromatic heterocycles. The highest BCUT2D eigenvalue weighted by Crippen LogP contribution is 2.48. The molecule has 17 heavy (non-hydrogen) atoms. The average Bonchev–Trinajstić information content (AvgIpc) is 2.68. The maximum Gasteiger partial charge on any atom is 0.154 e. The van der Waals surface area contributed by atoms with E-state index < -0.39 is 0 Å². The molecule has 0 aliphatic heterocycles. The Balaban J connectivity index is 2.55. The standard InChI is InChI=1S/C16H25B/c1-11(2)16(12(3)4)9-8-13-6-7-14(17-5)10-15(13)16/h6-7,10-12,17H,8-9H2,1-5H3. The van der Waals surface area contributed by atoms with E-state index in [0.29, 0.717) is 5.41 Å². The summed E-state index contributed by atoms with van der Waals surface area (Å²) in [6.07, 6.45) is 2.61. The minimum absolute atomic E-state index is 0.417. The Bertz CT molecular complexity index is 396. The van der Waals surface area contributed by atoms with E-state index in [-0.39, 0.29) is 0 Å². The van der Waals surface area contributed by atoms with E-state index in [1.54, 1.807) is 11.1 Å². The van der Waals surface area contributed by atoms with Crippen molar-refractivity contribution in [3.63, 3.8) is 0 Å². The van der Waals surface area contributed by atoms with E-state index in [4.69, 9.17) is 0 Å². The van der Waals surface area contributed by atoms with Crippen molar-refractivity contribution in [2.45, 2.75) is 52.8 Å². The van der Waals surface area contributed by atoms with Crippen LogP contribution >= 0.6 is 0 Å². The number of rotatable bonds is 3. The second-order valence-electron chi connectivity index (χ2n) is 6.19. The van der Waals surface area contributed by atoms with Gasteiger partial charge in [0.15, 0.2) is 7.28 Å². The molecule has 0 saturated heterocycles. The van der Waals surface area contributed by atoms with E-state index in [0.717, 1.165) is 19.1 Å². The normalized spacial score (nSPS) is 17.6. The molecule has 0 nitrogen and oxygen atoms in total. The summed E-state index contributed by atoms with van der Waals surface area (Å²) in [4.78, 5) is 0. The first-order valence-corrected chi connectivity index (χ1v) is 7.14. The molecule has 1 aliphatic rings. The number of fused-ring (bicyclic) bond motifs is 1. The van der Waals surface area contributed by atoms with Crippen LogP contribution in [0.5, 0.6) is 0 Å². The number of hydrogen-bond donors (Lipinski definition) is 0. The molecule has 1 heteroatoms. The third-order valence-corrected chi connectivity index (χ3v) is 4.95. The summed E-state index contributed by atoms with van der Waals surface area (Å²) in [6.45, 7) is 11.8. The Kier molecular flexibility index (Phi) is 3.38. The van der Waals surface area contributed by atoms with Crippen LogP contribution in [0.1, 0.15) is 45.2 Å². The van der Waals surface area contributed by atoms with Gasteiger partial charge in [-0.05, 0) is 35.8 Å². The van der Waals surface area contributed by atoms with Crippen LogP contribution in [0, 0.1) is 11.8 Å². The highest BCUT2D eigenvalue weighted by molar-refractivity contribution is 6.51. The zero-order valence-corrected chi connectivity index (χ0v) is 12.0. The first kappa shape index (κ1) is 12.7. The Morgan fingerprint density at radius 1 is 1.12 bits per heavy atom. The van der Waals surface area contributed by atoms with Crippen molar-refractivity contribution in [3.05, 3.63) is 29.3 Å². The van der Waals surface area contributed by atoms with Crippen molar-refractivity contribution in [1.29, 1.82) is 0 Å². The molecule has 0 N–H and O–H groups in total. The van der Waals surface area contributed by atoms with Gasteiger partial charge >= 0.3 is 0 Å². The lowest BCUT2D eigenvalue weighted by Crippen LogP contribution is -2.36. The minimum Gasteiger partial charge on any atom is -0.0849 e. The number of aryl methyl sites for hydroxylation is 1. The fourth-order valence-electron chi connectivity index (χ4n) is 3.84. The summed E-state index contributed by atoms with van der Waals surface area (Å²) in [5.41, 5.74) is 5.17. The van der Waals surface area contributed by atoms with E-state index in [1.807, 2.05) is 0 Å². The summed E-state index contributed by atoms with van der Waals surface area (Å²) < 4.78 is 0. The Labute approximate surface area is 107 Å². The van der Waals surface area contributed by atoms with Gasteiger partial charge in [-0.15, -0.1) is 0 Å². The van der Waals surface area contributed by atoms with Crippen LogP contribution in [0.3, 0.4) is 0 Å². The SMILES string of the molecule is CBc1ccc2c(c1)C(C(C)C)(C(C)C)CC2. The Morgan fingerprint density at radius 2 is 1.76 bits per heavy atom. The predicted octanol–water partition coefficient (Wildman–Crippen LogP) is 3.29. The maximum atomic E-state index is 2.49. The lowest BCUT2D eigenvalue weighted by atomic mass is 9.63. The van der Waals surface area contributed by atoms with Gasteiger partial charge in [-0.25, -0.2) is 0 Å². The summed E-state index contributed by atoms with van der Waals surface area (Å²) in [5.74, 6) is 1.46. The molecule has 0 spiro atoms. The average molecular weight is 228 g/mol. The van der Waals surface area contributed by atoms with E-state index in [9.17, 15) is 0 Å². The summed E-state index contributed by atoms with van der Waals surface area (Å²) in [5, 5.41) is 0. The quantitative estimate of drug-likeness (QED) is 0.696. The van der Waals surface area contributed by atoms with Gasteiger partial charge < -0.3 is 0 Å². The molecule has 0 fully saturated rings. The topological polar surface area (TPSA) is 0 Å². The van der Waals surface area contributed by atoms with Gasteiger partial charge in [0.1, 0.15) is 0 Å². The summed E-state index contributed by atoms with van der Waals surface area (Å²) in [7, 11) is 1.15. The predicted molar refractivity (Wildman–Crippen MR) is 78.8 cm³/mol. The minimum atomic E-state index is 0.417. The second-order valence-corrected chi connectivity index (χ2v) is 6.19. The zero-order valence-electron chi connectivity index (χ0n) is 12.0. The number of benzene rings is 1. The van der Waals surface area contributed by atoms with Crippen LogP contribution in [0.25, 0.3) is 0 Å². The smallest absolute Gasteiger partial charge is 0.0849 e. The van der Waals surface area contributed by atoms with Crippen molar-refractivity contribution in [1.82, 2.24) is 0 Å². The van der Waals surface area contributed by atoms with Crippen molar-refractivity contribution in [2.75, 3.05) is 0 Å². The van der Waals surface area contributed by atoms with Gasteiger partial charge in [0.25, 0.3) is 0 Å². The van der Waals surface area contributed by atoms with Crippen LogP contribution in [-0.2, 0) is 11.8 Å².